The van der Waals surface area contributed by atoms with Gasteiger partial charge in [0.15, 0.2) is 0 Å². The molecule has 0 aromatic heterocycles. The van der Waals surface area contributed by atoms with E-state index in [9.17, 15) is 10.2 Å². The molecule has 0 aliphatic carbocycles. The van der Waals surface area contributed by atoms with Crippen LogP contribution in [0.25, 0.3) is 0 Å². The van der Waals surface area contributed by atoms with Crippen molar-refractivity contribution in [3.63, 3.8) is 0 Å². The third kappa shape index (κ3) is 3.45. The average Bonchev–Trinajstić information content (AvgIpc) is 2.63. The van der Waals surface area contributed by atoms with E-state index in [0.29, 0.717) is 0 Å². The molecule has 4 nitrogen and oxygen atoms in total. The second-order valence-electron chi connectivity index (χ2n) is 6.78. The maximum atomic E-state index is 10.1. The molecule has 130 valence electrons. The summed E-state index contributed by atoms with van der Waals surface area (Å²) in [4.78, 5) is 6.39. The standard InChI is InChI=1S/C19H31NO3/c1-4-18(14-21)12-9-13-19(5-2,15-22)20(18)23-16(3)17-10-7-6-8-11-17/h6-8,10-11,16,21-22H,4-5,9,12-15H2,1-3H3/t16?,18-,19-/m1/s1. The summed E-state index contributed by atoms with van der Waals surface area (Å²) in [7, 11) is 0. The molecule has 1 aromatic carbocycles. The average molecular weight is 321 g/mol. The number of hydroxylamine groups is 2. The smallest absolute Gasteiger partial charge is 0.102 e. The minimum atomic E-state index is -0.417. The van der Waals surface area contributed by atoms with E-state index in [0.717, 1.165) is 37.7 Å². The summed E-state index contributed by atoms with van der Waals surface area (Å²) in [5, 5.41) is 22.2. The van der Waals surface area contributed by atoms with Crippen molar-refractivity contribution in [3.8, 4) is 0 Å². The van der Waals surface area contributed by atoms with Gasteiger partial charge in [0.05, 0.1) is 24.3 Å². The molecule has 4 heteroatoms. The summed E-state index contributed by atoms with van der Waals surface area (Å²) in [6, 6.07) is 10.1. The lowest BCUT2D eigenvalue weighted by molar-refractivity contribution is -0.331. The Bertz CT molecular complexity index is 449. The van der Waals surface area contributed by atoms with Gasteiger partial charge < -0.3 is 10.2 Å². The van der Waals surface area contributed by atoms with Crippen LogP contribution in [0.1, 0.15) is 64.5 Å². The van der Waals surface area contributed by atoms with Crippen molar-refractivity contribution in [1.29, 1.82) is 0 Å². The van der Waals surface area contributed by atoms with Gasteiger partial charge in [-0.15, -0.1) is 0 Å². The van der Waals surface area contributed by atoms with Crippen LogP contribution in [0.4, 0.5) is 0 Å². The molecule has 2 N–H and O–H groups in total. The second kappa shape index (κ2) is 7.75. The highest BCUT2D eigenvalue weighted by atomic mass is 16.7. The first kappa shape index (κ1) is 18.4. The van der Waals surface area contributed by atoms with Crippen molar-refractivity contribution in [2.24, 2.45) is 0 Å². The number of rotatable bonds is 7. The molecule has 1 aliphatic rings. The van der Waals surface area contributed by atoms with Crippen molar-refractivity contribution in [2.45, 2.75) is 70.1 Å². The van der Waals surface area contributed by atoms with Crippen molar-refractivity contribution in [1.82, 2.24) is 5.06 Å². The summed E-state index contributed by atoms with van der Waals surface area (Å²) in [5.41, 5.74) is 0.268. The van der Waals surface area contributed by atoms with Crippen LogP contribution in [-0.4, -0.2) is 39.6 Å². The predicted molar refractivity (Wildman–Crippen MR) is 91.8 cm³/mol. The molecule has 0 amide bonds. The highest BCUT2D eigenvalue weighted by Gasteiger charge is 2.51. The summed E-state index contributed by atoms with van der Waals surface area (Å²) >= 11 is 0. The van der Waals surface area contributed by atoms with Crippen molar-refractivity contribution < 1.29 is 15.1 Å². The quantitative estimate of drug-likeness (QED) is 0.808. The second-order valence-corrected chi connectivity index (χ2v) is 6.78. The lowest BCUT2D eigenvalue weighted by Gasteiger charge is -2.56. The van der Waals surface area contributed by atoms with Crippen LogP contribution >= 0.6 is 0 Å². The summed E-state index contributed by atoms with van der Waals surface area (Å²) in [5.74, 6) is 0. The Balaban J connectivity index is 2.33. The van der Waals surface area contributed by atoms with Crippen LogP contribution in [0.2, 0.25) is 0 Å². The van der Waals surface area contributed by atoms with Gasteiger partial charge in [-0.1, -0.05) is 44.2 Å². The van der Waals surface area contributed by atoms with Crippen molar-refractivity contribution in [3.05, 3.63) is 35.9 Å². The van der Waals surface area contributed by atoms with Crippen molar-refractivity contribution in [2.75, 3.05) is 13.2 Å². The van der Waals surface area contributed by atoms with Crippen LogP contribution in [0, 0.1) is 0 Å². The Hall–Kier alpha value is -0.940. The largest absolute Gasteiger partial charge is 0.394 e. The van der Waals surface area contributed by atoms with Crippen LogP contribution in [0.3, 0.4) is 0 Å². The molecule has 2 rings (SSSR count). The maximum Gasteiger partial charge on any atom is 0.102 e. The zero-order chi connectivity index (χ0) is 16.9. The van der Waals surface area contributed by atoms with Gasteiger partial charge in [0.2, 0.25) is 0 Å². The summed E-state index contributed by atoms with van der Waals surface area (Å²) in [6.45, 7) is 6.30. The van der Waals surface area contributed by atoms with E-state index in [1.54, 1.807) is 0 Å². The molecule has 3 atom stereocenters. The minimum Gasteiger partial charge on any atom is -0.394 e. The number of piperidine rings is 1. The third-order valence-corrected chi connectivity index (χ3v) is 5.58. The van der Waals surface area contributed by atoms with Crippen molar-refractivity contribution >= 4 is 0 Å². The van der Waals surface area contributed by atoms with Gasteiger partial charge in [-0.2, -0.15) is 5.06 Å². The van der Waals surface area contributed by atoms with Gasteiger partial charge in [-0.25, -0.2) is 0 Å². The molecule has 1 saturated heterocycles. The maximum absolute atomic E-state index is 10.1. The van der Waals surface area contributed by atoms with E-state index >= 15 is 0 Å². The number of nitrogens with zero attached hydrogens (tertiary/aromatic N) is 1. The number of aliphatic hydroxyl groups is 2. The Kier molecular flexibility index (Phi) is 6.20. The van der Waals surface area contributed by atoms with E-state index in [-0.39, 0.29) is 19.3 Å². The predicted octanol–water partition coefficient (Wildman–Crippen LogP) is 3.45. The molecule has 1 heterocycles. The fourth-order valence-corrected chi connectivity index (χ4v) is 3.77. The molecule has 0 spiro atoms. The van der Waals surface area contributed by atoms with Crippen LogP contribution in [0.15, 0.2) is 30.3 Å². The highest BCUT2D eigenvalue weighted by molar-refractivity contribution is 5.17. The Morgan fingerprint density at radius 2 is 1.57 bits per heavy atom. The highest BCUT2D eigenvalue weighted by Crippen LogP contribution is 2.44. The van der Waals surface area contributed by atoms with Gasteiger partial charge in [-0.05, 0) is 44.6 Å². The van der Waals surface area contributed by atoms with Crippen LogP contribution in [0.5, 0.6) is 0 Å². The van der Waals surface area contributed by atoms with E-state index < -0.39 is 11.1 Å². The molecule has 1 aromatic rings. The van der Waals surface area contributed by atoms with E-state index in [1.165, 1.54) is 0 Å². The van der Waals surface area contributed by atoms with E-state index in [1.807, 2.05) is 42.3 Å². The van der Waals surface area contributed by atoms with Gasteiger partial charge in [0.25, 0.3) is 0 Å². The summed E-state index contributed by atoms with van der Waals surface area (Å²) < 4.78 is 0. The normalized spacial score (nSPS) is 30.3. The Labute approximate surface area is 140 Å². The molecule has 1 aliphatic heterocycles. The summed E-state index contributed by atoms with van der Waals surface area (Å²) in [6.07, 6.45) is 4.26. The molecular formula is C19H31NO3. The van der Waals surface area contributed by atoms with Gasteiger partial charge in [-0.3, -0.25) is 4.84 Å². The SMILES string of the molecule is CC[C@]1(CO)CCC[C@](CC)(CO)N1OC(C)c1ccccc1. The lowest BCUT2D eigenvalue weighted by atomic mass is 9.76. The lowest BCUT2D eigenvalue weighted by Crippen LogP contribution is -2.66. The zero-order valence-electron chi connectivity index (χ0n) is 14.7. The van der Waals surface area contributed by atoms with E-state index in [4.69, 9.17) is 4.84 Å². The first-order valence-corrected chi connectivity index (χ1v) is 8.81. The fourth-order valence-electron chi connectivity index (χ4n) is 3.77. The van der Waals surface area contributed by atoms with Crippen LogP contribution < -0.4 is 0 Å². The molecule has 0 bridgehead atoms. The number of hydrogen-bond acceptors (Lipinski definition) is 4. The third-order valence-electron chi connectivity index (χ3n) is 5.58. The Morgan fingerprint density at radius 3 is 2.00 bits per heavy atom. The van der Waals surface area contributed by atoms with Gasteiger partial charge in [0, 0.05) is 0 Å². The molecule has 23 heavy (non-hydrogen) atoms. The fraction of sp³-hybridized carbons (Fsp3) is 0.684. The number of hydrogen-bond donors (Lipinski definition) is 2. The number of aliphatic hydroxyl groups excluding tert-OH is 2. The monoisotopic (exact) mass is 321 g/mol. The molecule has 1 unspecified atom stereocenters. The zero-order valence-corrected chi connectivity index (χ0v) is 14.7. The van der Waals surface area contributed by atoms with Crippen LogP contribution in [-0.2, 0) is 4.84 Å². The van der Waals surface area contributed by atoms with E-state index in [2.05, 4.69) is 13.8 Å². The minimum absolute atomic E-state index is 0.0484. The molecular weight excluding hydrogens is 290 g/mol. The van der Waals surface area contributed by atoms with Gasteiger partial charge >= 0.3 is 0 Å². The molecule has 1 fully saturated rings. The molecule has 0 radical (unpaired) electrons. The molecule has 0 saturated carbocycles. The Morgan fingerprint density at radius 1 is 1.04 bits per heavy atom. The number of benzene rings is 1. The first-order chi connectivity index (χ1) is 11.1. The topological polar surface area (TPSA) is 52.9 Å². The first-order valence-electron chi connectivity index (χ1n) is 8.81. The van der Waals surface area contributed by atoms with Gasteiger partial charge in [0.1, 0.15) is 6.10 Å².